The zero-order valence-corrected chi connectivity index (χ0v) is 20.9. The van der Waals surface area contributed by atoms with Crippen molar-refractivity contribution in [3.63, 3.8) is 0 Å². The molecule has 5 aromatic rings. The van der Waals surface area contributed by atoms with Crippen LogP contribution in [0.4, 0.5) is 5.69 Å². The van der Waals surface area contributed by atoms with Crippen LogP contribution < -0.4 is 10.1 Å². The lowest BCUT2D eigenvalue weighted by Crippen LogP contribution is -2.14. The van der Waals surface area contributed by atoms with E-state index in [-0.39, 0.29) is 5.91 Å². The number of anilines is 1. The van der Waals surface area contributed by atoms with Gasteiger partial charge in [0.25, 0.3) is 5.91 Å². The molecule has 0 spiro atoms. The summed E-state index contributed by atoms with van der Waals surface area (Å²) in [6.07, 6.45) is 3.32. The highest BCUT2D eigenvalue weighted by Gasteiger charge is 2.18. The molecule has 1 amide bonds. The van der Waals surface area contributed by atoms with Crippen molar-refractivity contribution in [2.75, 3.05) is 12.4 Å². The number of carbonyl (C=O) groups is 1. The maximum Gasteiger partial charge on any atom is 0.259 e. The van der Waals surface area contributed by atoms with Gasteiger partial charge in [0.15, 0.2) is 0 Å². The van der Waals surface area contributed by atoms with Gasteiger partial charge >= 0.3 is 0 Å². The van der Waals surface area contributed by atoms with Gasteiger partial charge in [-0.05, 0) is 55.0 Å². The molecule has 0 bridgehead atoms. The molecule has 0 radical (unpaired) electrons. The van der Waals surface area contributed by atoms with Gasteiger partial charge in [-0.2, -0.15) is 5.10 Å². The third kappa shape index (κ3) is 5.28. The van der Waals surface area contributed by atoms with Crippen LogP contribution in [0.5, 0.6) is 5.75 Å². The van der Waals surface area contributed by atoms with Crippen molar-refractivity contribution >= 4 is 11.6 Å². The molecule has 5 rings (SSSR count). The zero-order chi connectivity index (χ0) is 25.6. The topological polar surface area (TPSA) is 69.0 Å². The minimum Gasteiger partial charge on any atom is -0.497 e. The number of hydrogen-bond acceptors (Lipinski definition) is 4. The minimum absolute atomic E-state index is 0.170. The van der Waals surface area contributed by atoms with Crippen molar-refractivity contribution in [1.82, 2.24) is 14.8 Å². The number of carbonyl (C=O) groups excluding carboxylic acids is 1. The van der Waals surface area contributed by atoms with Crippen LogP contribution in [0.1, 0.15) is 29.4 Å². The molecule has 2 aromatic heterocycles. The van der Waals surface area contributed by atoms with Crippen molar-refractivity contribution in [3.05, 3.63) is 115 Å². The van der Waals surface area contributed by atoms with Crippen LogP contribution in [0.2, 0.25) is 0 Å². The average Bonchev–Trinajstić information content (AvgIpc) is 3.38. The highest BCUT2D eigenvalue weighted by Crippen LogP contribution is 2.26. The number of amides is 1. The van der Waals surface area contributed by atoms with Gasteiger partial charge in [0.1, 0.15) is 5.75 Å². The van der Waals surface area contributed by atoms with E-state index in [0.29, 0.717) is 11.3 Å². The van der Waals surface area contributed by atoms with Crippen LogP contribution in [0.15, 0.2) is 103 Å². The number of rotatable bonds is 8. The highest BCUT2D eigenvalue weighted by atomic mass is 16.5. The maximum absolute atomic E-state index is 13.2. The van der Waals surface area contributed by atoms with Gasteiger partial charge in [0.05, 0.1) is 41.6 Å². The number of pyridine rings is 1. The van der Waals surface area contributed by atoms with Gasteiger partial charge in [-0.25, -0.2) is 9.67 Å². The van der Waals surface area contributed by atoms with Crippen molar-refractivity contribution < 1.29 is 9.53 Å². The van der Waals surface area contributed by atoms with Crippen LogP contribution >= 0.6 is 0 Å². The SMILES string of the molecule is CCCc1c(C(=O)Nc2ccc(-c3cccc(-c4cccc(OC)c4)n3)cc2)cnn1-c1ccccc1. The Morgan fingerprint density at radius 3 is 2.32 bits per heavy atom. The molecule has 0 aliphatic rings. The van der Waals surface area contributed by atoms with E-state index in [1.807, 2.05) is 102 Å². The van der Waals surface area contributed by atoms with Gasteiger partial charge < -0.3 is 10.1 Å². The first-order valence-corrected chi connectivity index (χ1v) is 12.3. The normalized spacial score (nSPS) is 10.8. The molecule has 0 aliphatic heterocycles. The quantitative estimate of drug-likeness (QED) is 0.260. The summed E-state index contributed by atoms with van der Waals surface area (Å²) < 4.78 is 7.19. The molecule has 1 N–H and O–H groups in total. The van der Waals surface area contributed by atoms with E-state index in [2.05, 4.69) is 17.3 Å². The lowest BCUT2D eigenvalue weighted by Gasteiger charge is -2.10. The second-order valence-corrected chi connectivity index (χ2v) is 8.67. The first kappa shape index (κ1) is 24.0. The van der Waals surface area contributed by atoms with Gasteiger partial charge in [-0.3, -0.25) is 4.79 Å². The number of hydrogen-bond donors (Lipinski definition) is 1. The molecular formula is C31H28N4O2. The van der Waals surface area contributed by atoms with Gasteiger partial charge in [0, 0.05) is 16.8 Å². The largest absolute Gasteiger partial charge is 0.497 e. The molecule has 6 heteroatoms. The van der Waals surface area contributed by atoms with E-state index >= 15 is 0 Å². The minimum atomic E-state index is -0.170. The van der Waals surface area contributed by atoms with E-state index in [1.165, 1.54) is 0 Å². The maximum atomic E-state index is 13.2. The van der Waals surface area contributed by atoms with Crippen molar-refractivity contribution in [2.24, 2.45) is 0 Å². The summed E-state index contributed by atoms with van der Waals surface area (Å²) >= 11 is 0. The van der Waals surface area contributed by atoms with Crippen LogP contribution in [0.3, 0.4) is 0 Å². The number of methoxy groups -OCH3 is 1. The Kier molecular flexibility index (Phi) is 7.08. The van der Waals surface area contributed by atoms with Crippen LogP contribution in [0.25, 0.3) is 28.2 Å². The molecule has 0 atom stereocenters. The summed E-state index contributed by atoms with van der Waals surface area (Å²) in [6, 6.07) is 31.4. The molecule has 3 aromatic carbocycles. The van der Waals surface area contributed by atoms with Gasteiger partial charge in [-0.15, -0.1) is 0 Å². The number of nitrogens with zero attached hydrogens (tertiary/aromatic N) is 3. The summed E-state index contributed by atoms with van der Waals surface area (Å²) in [5.74, 6) is 0.623. The lowest BCUT2D eigenvalue weighted by atomic mass is 10.1. The average molecular weight is 489 g/mol. The Labute approximate surface area is 216 Å². The van der Waals surface area contributed by atoms with Crippen molar-refractivity contribution in [2.45, 2.75) is 19.8 Å². The Hall–Kier alpha value is -4.71. The van der Waals surface area contributed by atoms with E-state index in [1.54, 1.807) is 13.3 Å². The fourth-order valence-electron chi connectivity index (χ4n) is 4.29. The van der Waals surface area contributed by atoms with Crippen LogP contribution in [-0.2, 0) is 6.42 Å². The third-order valence-electron chi connectivity index (χ3n) is 6.15. The first-order chi connectivity index (χ1) is 18.2. The first-order valence-electron chi connectivity index (χ1n) is 12.3. The zero-order valence-electron chi connectivity index (χ0n) is 20.9. The van der Waals surface area contributed by atoms with E-state index < -0.39 is 0 Å². The van der Waals surface area contributed by atoms with E-state index in [9.17, 15) is 4.79 Å². The summed E-state index contributed by atoms with van der Waals surface area (Å²) in [5.41, 5.74) is 6.82. The molecule has 0 saturated carbocycles. The molecule has 184 valence electrons. The number of ether oxygens (including phenoxy) is 1. The fraction of sp³-hybridized carbons (Fsp3) is 0.129. The van der Waals surface area contributed by atoms with Crippen LogP contribution in [0, 0.1) is 0 Å². The summed E-state index contributed by atoms with van der Waals surface area (Å²) in [5, 5.41) is 7.53. The highest BCUT2D eigenvalue weighted by molar-refractivity contribution is 6.05. The van der Waals surface area contributed by atoms with Crippen LogP contribution in [-0.4, -0.2) is 27.8 Å². The van der Waals surface area contributed by atoms with Crippen molar-refractivity contribution in [3.8, 4) is 34.0 Å². The molecule has 6 nitrogen and oxygen atoms in total. The van der Waals surface area contributed by atoms with Gasteiger partial charge in [0.2, 0.25) is 0 Å². The number of benzene rings is 3. The van der Waals surface area contributed by atoms with Gasteiger partial charge in [-0.1, -0.05) is 61.9 Å². The Morgan fingerprint density at radius 2 is 1.59 bits per heavy atom. The Bertz CT molecular complexity index is 1510. The number of para-hydroxylation sites is 1. The Balaban J connectivity index is 1.35. The third-order valence-corrected chi connectivity index (χ3v) is 6.15. The molecular weight excluding hydrogens is 460 g/mol. The van der Waals surface area contributed by atoms with E-state index in [0.717, 1.165) is 52.5 Å². The molecule has 2 heterocycles. The molecule has 0 aliphatic carbocycles. The molecule has 0 unspecified atom stereocenters. The second-order valence-electron chi connectivity index (χ2n) is 8.67. The molecule has 0 fully saturated rings. The summed E-state index contributed by atoms with van der Waals surface area (Å²) in [6.45, 7) is 2.10. The number of nitrogens with one attached hydrogen (secondary N) is 1. The molecule has 0 saturated heterocycles. The van der Waals surface area contributed by atoms with Crippen molar-refractivity contribution in [1.29, 1.82) is 0 Å². The number of aromatic nitrogens is 3. The standard InChI is InChI=1S/C31H28N4O2/c1-3-9-30-27(21-32-35(30)25-11-5-4-6-12-25)31(36)33-24-18-16-22(17-19-24)28-14-8-15-29(34-28)23-10-7-13-26(20-23)37-2/h4-8,10-21H,3,9H2,1-2H3,(H,33,36). The summed E-state index contributed by atoms with van der Waals surface area (Å²) in [7, 11) is 1.66. The predicted octanol–water partition coefficient (Wildman–Crippen LogP) is 6.81. The lowest BCUT2D eigenvalue weighted by molar-refractivity contribution is 0.102. The van der Waals surface area contributed by atoms with E-state index in [4.69, 9.17) is 9.72 Å². The monoisotopic (exact) mass is 488 g/mol. The Morgan fingerprint density at radius 1 is 0.865 bits per heavy atom. The predicted molar refractivity (Wildman–Crippen MR) is 147 cm³/mol. The summed E-state index contributed by atoms with van der Waals surface area (Å²) in [4.78, 5) is 18.0. The smallest absolute Gasteiger partial charge is 0.259 e. The second kappa shape index (κ2) is 10.9. The molecule has 37 heavy (non-hydrogen) atoms. The fourth-order valence-corrected chi connectivity index (χ4v) is 4.29.